The Balaban J connectivity index is 2.52. The second-order valence-corrected chi connectivity index (χ2v) is 4.16. The Bertz CT molecular complexity index is 324. The van der Waals surface area contributed by atoms with Crippen molar-refractivity contribution in [1.29, 1.82) is 0 Å². The molecule has 3 nitrogen and oxygen atoms in total. The average molecular weight is 220 g/mol. The molecule has 1 atom stereocenters. The van der Waals surface area contributed by atoms with E-state index in [1.165, 1.54) is 0 Å². The molecule has 0 aliphatic carbocycles. The smallest absolute Gasteiger partial charge is 0.225 e. The Morgan fingerprint density at radius 2 is 2.00 bits per heavy atom. The minimum atomic E-state index is 0.0127. The van der Waals surface area contributed by atoms with Crippen molar-refractivity contribution < 1.29 is 4.79 Å². The standard InChI is InChI=1S/C13H20N2O/c1-11(8-9-14)13(16)15(2)10-12-6-4-3-5-7-12/h3-7,11H,8-10,14H2,1-2H3. The van der Waals surface area contributed by atoms with E-state index in [0.29, 0.717) is 13.1 Å². The number of nitrogens with two attached hydrogens (primary N) is 1. The van der Waals surface area contributed by atoms with Crippen LogP contribution in [0.3, 0.4) is 0 Å². The van der Waals surface area contributed by atoms with Gasteiger partial charge in [-0.2, -0.15) is 0 Å². The summed E-state index contributed by atoms with van der Waals surface area (Å²) in [5.74, 6) is 0.174. The summed E-state index contributed by atoms with van der Waals surface area (Å²) in [4.78, 5) is 13.7. The van der Waals surface area contributed by atoms with Gasteiger partial charge in [-0.05, 0) is 18.5 Å². The van der Waals surface area contributed by atoms with E-state index in [1.54, 1.807) is 4.90 Å². The summed E-state index contributed by atoms with van der Waals surface area (Å²) in [6.45, 7) is 3.15. The van der Waals surface area contributed by atoms with Gasteiger partial charge in [0, 0.05) is 19.5 Å². The number of hydrogen-bond acceptors (Lipinski definition) is 2. The maximum Gasteiger partial charge on any atom is 0.225 e. The summed E-state index contributed by atoms with van der Waals surface area (Å²) >= 11 is 0. The van der Waals surface area contributed by atoms with Crippen LogP contribution in [-0.2, 0) is 11.3 Å². The summed E-state index contributed by atoms with van der Waals surface area (Å²) in [7, 11) is 1.84. The molecule has 0 fully saturated rings. The predicted molar refractivity (Wildman–Crippen MR) is 65.8 cm³/mol. The molecule has 0 radical (unpaired) electrons. The molecule has 2 N–H and O–H groups in total. The van der Waals surface area contributed by atoms with E-state index in [0.717, 1.165) is 12.0 Å². The van der Waals surface area contributed by atoms with Gasteiger partial charge in [-0.1, -0.05) is 37.3 Å². The lowest BCUT2D eigenvalue weighted by atomic mass is 10.1. The van der Waals surface area contributed by atoms with Gasteiger partial charge in [0.05, 0.1) is 0 Å². The van der Waals surface area contributed by atoms with Gasteiger partial charge in [-0.3, -0.25) is 4.79 Å². The van der Waals surface area contributed by atoms with Gasteiger partial charge in [0.15, 0.2) is 0 Å². The Kier molecular flexibility index (Phi) is 4.99. The van der Waals surface area contributed by atoms with Gasteiger partial charge < -0.3 is 10.6 Å². The van der Waals surface area contributed by atoms with E-state index in [2.05, 4.69) is 0 Å². The molecule has 0 aliphatic heterocycles. The van der Waals surface area contributed by atoms with Crippen LogP contribution in [0.25, 0.3) is 0 Å². The third-order valence-electron chi connectivity index (χ3n) is 2.66. The highest BCUT2D eigenvalue weighted by Crippen LogP contribution is 2.09. The lowest BCUT2D eigenvalue weighted by molar-refractivity contribution is -0.134. The monoisotopic (exact) mass is 220 g/mol. The maximum absolute atomic E-state index is 11.9. The molecule has 1 aromatic carbocycles. The Morgan fingerprint density at radius 3 is 2.56 bits per heavy atom. The molecule has 0 aliphatic rings. The van der Waals surface area contributed by atoms with Crippen molar-refractivity contribution in [3.05, 3.63) is 35.9 Å². The highest BCUT2D eigenvalue weighted by molar-refractivity contribution is 5.78. The van der Waals surface area contributed by atoms with Crippen molar-refractivity contribution in [3.63, 3.8) is 0 Å². The first-order chi connectivity index (χ1) is 7.65. The fourth-order valence-corrected chi connectivity index (χ4v) is 1.68. The van der Waals surface area contributed by atoms with Crippen LogP contribution in [0.1, 0.15) is 18.9 Å². The van der Waals surface area contributed by atoms with Crippen molar-refractivity contribution in [2.24, 2.45) is 11.7 Å². The highest BCUT2D eigenvalue weighted by atomic mass is 16.2. The summed E-state index contributed by atoms with van der Waals surface area (Å²) in [6, 6.07) is 9.99. The van der Waals surface area contributed by atoms with Gasteiger partial charge in [0.25, 0.3) is 0 Å². The lowest BCUT2D eigenvalue weighted by Crippen LogP contribution is -2.32. The molecule has 1 aromatic rings. The molecule has 3 heteroatoms. The predicted octanol–water partition coefficient (Wildman–Crippen LogP) is 1.63. The zero-order valence-corrected chi connectivity index (χ0v) is 10.0. The van der Waals surface area contributed by atoms with Gasteiger partial charge in [-0.25, -0.2) is 0 Å². The first kappa shape index (κ1) is 12.7. The van der Waals surface area contributed by atoms with E-state index < -0.39 is 0 Å². The summed E-state index contributed by atoms with van der Waals surface area (Å²) in [5.41, 5.74) is 6.60. The van der Waals surface area contributed by atoms with Crippen LogP contribution in [-0.4, -0.2) is 24.4 Å². The number of amides is 1. The van der Waals surface area contributed by atoms with Gasteiger partial charge in [0.1, 0.15) is 0 Å². The van der Waals surface area contributed by atoms with Crippen molar-refractivity contribution in [3.8, 4) is 0 Å². The minimum Gasteiger partial charge on any atom is -0.341 e. The number of nitrogens with zero attached hydrogens (tertiary/aromatic N) is 1. The molecule has 16 heavy (non-hydrogen) atoms. The molecule has 0 heterocycles. The molecular weight excluding hydrogens is 200 g/mol. The van der Waals surface area contributed by atoms with E-state index in [1.807, 2.05) is 44.3 Å². The molecule has 0 saturated heterocycles. The normalized spacial score (nSPS) is 12.2. The minimum absolute atomic E-state index is 0.0127. The zero-order chi connectivity index (χ0) is 12.0. The largest absolute Gasteiger partial charge is 0.341 e. The fraction of sp³-hybridized carbons (Fsp3) is 0.462. The molecular formula is C13H20N2O. The SMILES string of the molecule is CC(CCN)C(=O)N(C)Cc1ccccc1. The molecule has 1 unspecified atom stereocenters. The number of rotatable bonds is 5. The number of benzene rings is 1. The summed E-state index contributed by atoms with van der Waals surface area (Å²) in [5, 5.41) is 0. The van der Waals surface area contributed by atoms with Crippen LogP contribution in [0.5, 0.6) is 0 Å². The molecule has 1 rings (SSSR count). The maximum atomic E-state index is 11.9. The molecule has 0 spiro atoms. The van der Waals surface area contributed by atoms with Crippen LogP contribution in [0.4, 0.5) is 0 Å². The number of carbonyl (C=O) groups is 1. The molecule has 88 valence electrons. The molecule has 0 aromatic heterocycles. The third kappa shape index (κ3) is 3.66. The Labute approximate surface area is 97.2 Å². The van der Waals surface area contributed by atoms with E-state index >= 15 is 0 Å². The summed E-state index contributed by atoms with van der Waals surface area (Å²) in [6.07, 6.45) is 0.748. The van der Waals surface area contributed by atoms with Crippen LogP contribution < -0.4 is 5.73 Å². The fourth-order valence-electron chi connectivity index (χ4n) is 1.68. The average Bonchev–Trinajstić information content (AvgIpc) is 2.29. The highest BCUT2D eigenvalue weighted by Gasteiger charge is 2.16. The van der Waals surface area contributed by atoms with Crippen molar-refractivity contribution in [2.45, 2.75) is 19.9 Å². The number of hydrogen-bond donors (Lipinski definition) is 1. The topological polar surface area (TPSA) is 46.3 Å². The van der Waals surface area contributed by atoms with E-state index in [9.17, 15) is 4.79 Å². The zero-order valence-electron chi connectivity index (χ0n) is 10.0. The Hall–Kier alpha value is -1.35. The molecule has 0 bridgehead atoms. The first-order valence-electron chi connectivity index (χ1n) is 5.64. The second kappa shape index (κ2) is 6.28. The lowest BCUT2D eigenvalue weighted by Gasteiger charge is -2.21. The van der Waals surface area contributed by atoms with Crippen LogP contribution in [0, 0.1) is 5.92 Å². The molecule has 1 amide bonds. The van der Waals surface area contributed by atoms with Gasteiger partial charge >= 0.3 is 0 Å². The summed E-state index contributed by atoms with van der Waals surface area (Å²) < 4.78 is 0. The van der Waals surface area contributed by atoms with Crippen molar-refractivity contribution in [1.82, 2.24) is 4.90 Å². The van der Waals surface area contributed by atoms with Gasteiger partial charge in [0.2, 0.25) is 5.91 Å². The van der Waals surface area contributed by atoms with E-state index in [-0.39, 0.29) is 11.8 Å². The van der Waals surface area contributed by atoms with Crippen molar-refractivity contribution in [2.75, 3.05) is 13.6 Å². The third-order valence-corrected chi connectivity index (χ3v) is 2.66. The van der Waals surface area contributed by atoms with Crippen LogP contribution in [0.15, 0.2) is 30.3 Å². The quantitative estimate of drug-likeness (QED) is 0.819. The van der Waals surface area contributed by atoms with Crippen molar-refractivity contribution >= 4 is 5.91 Å². The first-order valence-corrected chi connectivity index (χ1v) is 5.64. The van der Waals surface area contributed by atoms with E-state index in [4.69, 9.17) is 5.73 Å². The van der Waals surface area contributed by atoms with Crippen LogP contribution >= 0.6 is 0 Å². The number of carbonyl (C=O) groups excluding carboxylic acids is 1. The molecule has 0 saturated carbocycles. The van der Waals surface area contributed by atoms with Crippen LogP contribution in [0.2, 0.25) is 0 Å². The second-order valence-electron chi connectivity index (χ2n) is 4.16. The Morgan fingerprint density at radius 1 is 1.38 bits per heavy atom. The van der Waals surface area contributed by atoms with Gasteiger partial charge in [-0.15, -0.1) is 0 Å².